The van der Waals surface area contributed by atoms with Crippen LogP contribution in [0.1, 0.15) is 49.4 Å². The molecule has 29 heavy (non-hydrogen) atoms. The van der Waals surface area contributed by atoms with Crippen molar-refractivity contribution in [3.63, 3.8) is 0 Å². The number of pyridine rings is 1. The summed E-state index contributed by atoms with van der Waals surface area (Å²) < 4.78 is 10.1. The highest BCUT2D eigenvalue weighted by Gasteiger charge is 2.28. The second-order valence-electron chi connectivity index (χ2n) is 6.54. The lowest BCUT2D eigenvalue weighted by molar-refractivity contribution is 0.0318. The van der Waals surface area contributed by atoms with Crippen LogP contribution in [0.3, 0.4) is 0 Å². The summed E-state index contributed by atoms with van der Waals surface area (Å²) in [5.74, 6) is -1.70. The number of aromatic amines is 1. The van der Waals surface area contributed by atoms with Gasteiger partial charge >= 0.3 is 11.9 Å². The van der Waals surface area contributed by atoms with Crippen LogP contribution in [0.5, 0.6) is 0 Å². The quantitative estimate of drug-likeness (QED) is 0.384. The zero-order valence-corrected chi connectivity index (χ0v) is 17.1. The summed E-state index contributed by atoms with van der Waals surface area (Å²) in [6.07, 6.45) is -1.09. The van der Waals surface area contributed by atoms with Crippen molar-refractivity contribution in [2.24, 2.45) is 0 Å². The molecule has 0 aliphatic heterocycles. The third-order valence-corrected chi connectivity index (χ3v) is 4.82. The molecule has 1 aromatic carbocycles. The zero-order valence-electron chi connectivity index (χ0n) is 16.3. The SMILES string of the molecule is COC(=O)c1c(C)[nH]c(C(=O)[C@H](C)OC(=O)c2cc(Cl)nc3ccccc23)c1C. The Labute approximate surface area is 172 Å². The molecule has 1 atom stereocenters. The number of esters is 2. The number of aromatic nitrogens is 2. The van der Waals surface area contributed by atoms with Crippen LogP contribution in [-0.2, 0) is 9.47 Å². The van der Waals surface area contributed by atoms with E-state index in [1.807, 2.05) is 0 Å². The number of fused-ring (bicyclic) bond motifs is 1. The largest absolute Gasteiger partial charge is 0.465 e. The van der Waals surface area contributed by atoms with Gasteiger partial charge in [-0.3, -0.25) is 4.79 Å². The summed E-state index contributed by atoms with van der Waals surface area (Å²) in [7, 11) is 1.27. The Balaban J connectivity index is 1.88. The number of carbonyl (C=O) groups excluding carboxylic acids is 3. The van der Waals surface area contributed by atoms with Crippen molar-refractivity contribution >= 4 is 40.2 Å². The van der Waals surface area contributed by atoms with E-state index in [1.165, 1.54) is 20.1 Å². The predicted octanol–water partition coefficient (Wildman–Crippen LogP) is 4.05. The van der Waals surface area contributed by atoms with E-state index in [-0.39, 0.29) is 16.4 Å². The Bertz CT molecular complexity index is 1140. The van der Waals surface area contributed by atoms with E-state index in [9.17, 15) is 14.4 Å². The molecule has 0 aliphatic carbocycles. The fourth-order valence-corrected chi connectivity index (χ4v) is 3.40. The number of methoxy groups -OCH3 is 1. The van der Waals surface area contributed by atoms with Crippen LogP contribution < -0.4 is 0 Å². The van der Waals surface area contributed by atoms with Crippen molar-refractivity contribution in [3.8, 4) is 0 Å². The van der Waals surface area contributed by atoms with Crippen LogP contribution in [0.15, 0.2) is 30.3 Å². The number of ether oxygens (including phenoxy) is 2. The number of para-hydroxylation sites is 1. The molecule has 1 N–H and O–H groups in total. The molecule has 3 aromatic rings. The molecule has 3 rings (SSSR count). The number of rotatable bonds is 5. The molecule has 150 valence electrons. The molecule has 7 nitrogen and oxygen atoms in total. The Morgan fingerprint density at radius 2 is 1.83 bits per heavy atom. The maximum atomic E-state index is 12.8. The van der Waals surface area contributed by atoms with Crippen LogP contribution in [0, 0.1) is 13.8 Å². The van der Waals surface area contributed by atoms with Gasteiger partial charge in [-0.05, 0) is 38.5 Å². The summed E-state index contributed by atoms with van der Waals surface area (Å²) in [6, 6.07) is 8.41. The Morgan fingerprint density at radius 3 is 2.52 bits per heavy atom. The minimum atomic E-state index is -1.09. The first-order chi connectivity index (χ1) is 13.7. The molecule has 0 saturated heterocycles. The number of H-pyrrole nitrogens is 1. The molecule has 0 fully saturated rings. The number of ketones is 1. The summed E-state index contributed by atoms with van der Waals surface area (Å²) in [5, 5.41) is 0.717. The van der Waals surface area contributed by atoms with E-state index >= 15 is 0 Å². The van der Waals surface area contributed by atoms with E-state index in [0.717, 1.165) is 0 Å². The average Bonchev–Trinajstić information content (AvgIpc) is 2.99. The van der Waals surface area contributed by atoms with Crippen LogP contribution in [0.4, 0.5) is 0 Å². The summed E-state index contributed by atoms with van der Waals surface area (Å²) in [6.45, 7) is 4.77. The van der Waals surface area contributed by atoms with Gasteiger partial charge in [-0.1, -0.05) is 29.8 Å². The van der Waals surface area contributed by atoms with Gasteiger partial charge in [0.1, 0.15) is 5.15 Å². The predicted molar refractivity (Wildman–Crippen MR) is 108 cm³/mol. The number of hydrogen-bond donors (Lipinski definition) is 1. The lowest BCUT2D eigenvalue weighted by Crippen LogP contribution is -2.25. The van der Waals surface area contributed by atoms with E-state index in [4.69, 9.17) is 21.1 Å². The second-order valence-corrected chi connectivity index (χ2v) is 6.93. The number of aryl methyl sites for hydroxylation is 1. The molecule has 2 heterocycles. The maximum Gasteiger partial charge on any atom is 0.339 e. The van der Waals surface area contributed by atoms with Crippen molar-refractivity contribution in [3.05, 3.63) is 63.6 Å². The third-order valence-electron chi connectivity index (χ3n) is 4.63. The fourth-order valence-electron chi connectivity index (χ4n) is 3.20. The van der Waals surface area contributed by atoms with Crippen molar-refractivity contribution in [1.29, 1.82) is 0 Å². The number of benzene rings is 1. The minimum absolute atomic E-state index is 0.146. The summed E-state index contributed by atoms with van der Waals surface area (Å²) >= 11 is 6.01. The standard InChI is InChI=1S/C21H19ClN2O5/c1-10-17(21(27)28-4)11(2)23-18(10)19(25)12(3)29-20(26)14-9-16(22)24-15-8-6-5-7-13(14)15/h5-9,12,23H,1-4H3/t12-/m0/s1. The third kappa shape index (κ3) is 3.86. The van der Waals surface area contributed by atoms with Crippen LogP contribution >= 0.6 is 11.6 Å². The molecule has 8 heteroatoms. The first kappa shape index (κ1) is 20.5. The molecular weight excluding hydrogens is 396 g/mol. The number of halogens is 1. The average molecular weight is 415 g/mol. The monoisotopic (exact) mass is 414 g/mol. The van der Waals surface area contributed by atoms with E-state index in [1.54, 1.807) is 38.1 Å². The highest BCUT2D eigenvalue weighted by molar-refractivity contribution is 6.30. The normalized spacial score (nSPS) is 11.9. The van der Waals surface area contributed by atoms with Crippen LogP contribution in [0.25, 0.3) is 10.9 Å². The van der Waals surface area contributed by atoms with Crippen molar-refractivity contribution in [1.82, 2.24) is 9.97 Å². The first-order valence-corrected chi connectivity index (χ1v) is 9.20. The summed E-state index contributed by atoms with van der Waals surface area (Å²) in [4.78, 5) is 44.5. The number of nitrogens with zero attached hydrogens (tertiary/aromatic N) is 1. The van der Waals surface area contributed by atoms with Gasteiger partial charge in [0, 0.05) is 11.1 Å². The Morgan fingerprint density at radius 1 is 1.14 bits per heavy atom. The van der Waals surface area contributed by atoms with Crippen molar-refractivity contribution in [2.45, 2.75) is 26.9 Å². The van der Waals surface area contributed by atoms with Gasteiger partial charge in [0.05, 0.1) is 29.4 Å². The number of carbonyl (C=O) groups is 3. The van der Waals surface area contributed by atoms with E-state index in [2.05, 4.69) is 9.97 Å². The molecular formula is C21H19ClN2O5. The van der Waals surface area contributed by atoms with Gasteiger partial charge < -0.3 is 14.5 Å². The summed E-state index contributed by atoms with van der Waals surface area (Å²) in [5.41, 5.74) is 2.20. The molecule has 0 spiro atoms. The fraction of sp³-hybridized carbons (Fsp3) is 0.238. The van der Waals surface area contributed by atoms with Gasteiger partial charge in [0.15, 0.2) is 6.10 Å². The second kappa shape index (κ2) is 8.05. The zero-order chi connectivity index (χ0) is 21.3. The van der Waals surface area contributed by atoms with Gasteiger partial charge in [-0.2, -0.15) is 0 Å². The molecule has 0 aliphatic rings. The smallest absolute Gasteiger partial charge is 0.339 e. The molecule has 2 aromatic heterocycles. The first-order valence-electron chi connectivity index (χ1n) is 8.82. The van der Waals surface area contributed by atoms with E-state index in [0.29, 0.717) is 27.7 Å². The number of nitrogens with one attached hydrogen (secondary N) is 1. The Kier molecular flexibility index (Phi) is 5.70. The maximum absolute atomic E-state index is 12.8. The topological polar surface area (TPSA) is 98.4 Å². The van der Waals surface area contributed by atoms with Crippen molar-refractivity contribution < 1.29 is 23.9 Å². The van der Waals surface area contributed by atoms with Gasteiger partial charge in [-0.25, -0.2) is 14.6 Å². The molecule has 0 saturated carbocycles. The molecule has 0 radical (unpaired) electrons. The molecule has 0 unspecified atom stereocenters. The lowest BCUT2D eigenvalue weighted by Gasteiger charge is -2.13. The number of hydrogen-bond acceptors (Lipinski definition) is 6. The highest BCUT2D eigenvalue weighted by atomic mass is 35.5. The van der Waals surface area contributed by atoms with Gasteiger partial charge in [-0.15, -0.1) is 0 Å². The van der Waals surface area contributed by atoms with Crippen molar-refractivity contribution in [2.75, 3.05) is 7.11 Å². The number of Topliss-reactive ketones (excluding diaryl/α,β-unsaturated/α-hetero) is 1. The molecule has 0 amide bonds. The Hall–Kier alpha value is -3.19. The van der Waals surface area contributed by atoms with E-state index < -0.39 is 23.8 Å². The van der Waals surface area contributed by atoms with Crippen LogP contribution in [-0.4, -0.2) is 40.9 Å². The highest BCUT2D eigenvalue weighted by Crippen LogP contribution is 2.24. The van der Waals surface area contributed by atoms with Gasteiger partial charge in [0.25, 0.3) is 0 Å². The van der Waals surface area contributed by atoms with Gasteiger partial charge in [0.2, 0.25) is 5.78 Å². The minimum Gasteiger partial charge on any atom is -0.465 e. The van der Waals surface area contributed by atoms with Crippen LogP contribution in [0.2, 0.25) is 5.15 Å². The lowest BCUT2D eigenvalue weighted by atomic mass is 10.1. The molecule has 0 bridgehead atoms.